The molecule has 1 aromatic heterocycles. The number of hydrazone groups is 1. The van der Waals surface area contributed by atoms with Crippen molar-refractivity contribution in [3.63, 3.8) is 0 Å². The number of nitrogens with zero attached hydrogens (tertiary/aromatic N) is 1. The maximum absolute atomic E-state index is 11.8. The van der Waals surface area contributed by atoms with Crippen molar-refractivity contribution in [1.82, 2.24) is 5.43 Å². The van der Waals surface area contributed by atoms with E-state index in [0.717, 1.165) is 27.5 Å². The number of hydrogen-bond donors (Lipinski definition) is 1. The molecule has 1 N–H and O–H groups in total. The zero-order chi connectivity index (χ0) is 15.2. The van der Waals surface area contributed by atoms with E-state index in [-0.39, 0.29) is 12.5 Å². The van der Waals surface area contributed by atoms with E-state index in [2.05, 4.69) is 10.5 Å². The number of hydrogen-bond acceptors (Lipinski definition) is 4. The molecule has 4 nitrogen and oxygen atoms in total. The van der Waals surface area contributed by atoms with Gasteiger partial charge in [0.05, 0.1) is 5.71 Å². The fraction of sp³-hybridized carbons (Fsp3) is 0.250. The molecule has 0 bridgehead atoms. The van der Waals surface area contributed by atoms with E-state index < -0.39 is 0 Å². The Balaban J connectivity index is 1.90. The predicted molar refractivity (Wildman–Crippen MR) is 86.1 cm³/mol. The molecule has 1 heterocycles. The standard InChI is InChI=1S/C16H18N2O2S/c1-11-6-4-7-12(2)16(11)20-10-15(19)18-17-13(3)14-8-5-9-21-14/h4-9H,10H2,1-3H3,(H,18,19). The minimum atomic E-state index is -0.270. The molecule has 2 rings (SSSR count). The number of carbonyl (C=O) groups excluding carboxylic acids is 1. The van der Waals surface area contributed by atoms with E-state index in [9.17, 15) is 4.79 Å². The van der Waals surface area contributed by atoms with Crippen LogP contribution in [0.15, 0.2) is 40.8 Å². The van der Waals surface area contributed by atoms with Crippen LogP contribution < -0.4 is 10.2 Å². The van der Waals surface area contributed by atoms with Crippen LogP contribution in [0.2, 0.25) is 0 Å². The first-order valence-corrected chi connectivity index (χ1v) is 7.52. The van der Waals surface area contributed by atoms with Crippen molar-refractivity contribution in [3.05, 3.63) is 51.7 Å². The fourth-order valence-electron chi connectivity index (χ4n) is 1.88. The third kappa shape index (κ3) is 4.16. The number of thiophene rings is 1. The second-order valence-corrected chi connectivity index (χ2v) is 5.67. The number of amides is 1. The number of para-hydroxylation sites is 1. The molecule has 0 saturated carbocycles. The molecule has 1 aromatic carbocycles. The summed E-state index contributed by atoms with van der Waals surface area (Å²) in [5.41, 5.74) is 5.32. The smallest absolute Gasteiger partial charge is 0.277 e. The van der Waals surface area contributed by atoms with Crippen molar-refractivity contribution in [3.8, 4) is 5.75 Å². The molecule has 0 aliphatic carbocycles. The fourth-order valence-corrected chi connectivity index (χ4v) is 2.56. The maximum atomic E-state index is 11.8. The minimum Gasteiger partial charge on any atom is -0.483 e. The Hall–Kier alpha value is -2.14. The van der Waals surface area contributed by atoms with E-state index in [0.29, 0.717) is 0 Å². The lowest BCUT2D eigenvalue weighted by Gasteiger charge is -2.10. The molecule has 0 spiro atoms. The number of benzene rings is 1. The van der Waals surface area contributed by atoms with Crippen LogP contribution in [0.25, 0.3) is 0 Å². The average molecular weight is 302 g/mol. The second-order valence-electron chi connectivity index (χ2n) is 4.72. The van der Waals surface area contributed by atoms with Crippen LogP contribution in [0.4, 0.5) is 0 Å². The average Bonchev–Trinajstić information content (AvgIpc) is 2.98. The summed E-state index contributed by atoms with van der Waals surface area (Å²) in [6.07, 6.45) is 0. The quantitative estimate of drug-likeness (QED) is 0.680. The van der Waals surface area contributed by atoms with Crippen LogP contribution in [0.1, 0.15) is 22.9 Å². The van der Waals surface area contributed by atoms with Gasteiger partial charge in [-0.05, 0) is 43.3 Å². The SMILES string of the molecule is CC(=NNC(=O)COc1c(C)cccc1C)c1cccs1. The van der Waals surface area contributed by atoms with Gasteiger partial charge in [-0.3, -0.25) is 4.79 Å². The van der Waals surface area contributed by atoms with Gasteiger partial charge >= 0.3 is 0 Å². The molecule has 0 atom stereocenters. The van der Waals surface area contributed by atoms with E-state index in [1.165, 1.54) is 0 Å². The topological polar surface area (TPSA) is 50.7 Å². The number of rotatable bonds is 5. The van der Waals surface area contributed by atoms with Crippen LogP contribution in [0.5, 0.6) is 5.75 Å². The van der Waals surface area contributed by atoms with Crippen molar-refractivity contribution in [1.29, 1.82) is 0 Å². The van der Waals surface area contributed by atoms with E-state index in [4.69, 9.17) is 4.74 Å². The Labute approximate surface area is 128 Å². The summed E-state index contributed by atoms with van der Waals surface area (Å²) in [5, 5.41) is 6.04. The summed E-state index contributed by atoms with van der Waals surface area (Å²) in [4.78, 5) is 12.8. The Bertz CT molecular complexity index is 628. The molecular formula is C16H18N2O2S. The first-order valence-electron chi connectivity index (χ1n) is 6.64. The first kappa shape index (κ1) is 15.3. The van der Waals surface area contributed by atoms with Gasteiger partial charge in [-0.25, -0.2) is 5.43 Å². The normalized spacial score (nSPS) is 11.3. The monoisotopic (exact) mass is 302 g/mol. The van der Waals surface area contributed by atoms with Crippen molar-refractivity contribution < 1.29 is 9.53 Å². The molecule has 1 amide bonds. The Morgan fingerprint density at radius 1 is 1.24 bits per heavy atom. The van der Waals surface area contributed by atoms with E-state index >= 15 is 0 Å². The van der Waals surface area contributed by atoms with Crippen molar-refractivity contribution in [2.24, 2.45) is 5.10 Å². The van der Waals surface area contributed by atoms with Crippen LogP contribution >= 0.6 is 11.3 Å². The first-order chi connectivity index (χ1) is 10.1. The van der Waals surface area contributed by atoms with E-state index in [1.54, 1.807) is 11.3 Å². The molecule has 110 valence electrons. The van der Waals surface area contributed by atoms with Gasteiger partial charge in [0.25, 0.3) is 5.91 Å². The number of nitrogens with one attached hydrogen (secondary N) is 1. The third-order valence-corrected chi connectivity index (χ3v) is 3.96. The summed E-state index contributed by atoms with van der Waals surface area (Å²) in [7, 11) is 0. The summed E-state index contributed by atoms with van der Waals surface area (Å²) in [6.45, 7) is 5.73. The summed E-state index contributed by atoms with van der Waals surface area (Å²) in [5.74, 6) is 0.486. The lowest BCUT2D eigenvalue weighted by atomic mass is 10.1. The summed E-state index contributed by atoms with van der Waals surface area (Å²) < 4.78 is 5.57. The molecule has 5 heteroatoms. The molecule has 2 aromatic rings. The predicted octanol–water partition coefficient (Wildman–Crippen LogP) is 3.28. The molecule has 0 aliphatic rings. The summed E-state index contributed by atoms with van der Waals surface area (Å²) in [6, 6.07) is 9.79. The van der Waals surface area contributed by atoms with Gasteiger partial charge in [0.15, 0.2) is 6.61 Å². The van der Waals surface area contributed by atoms with E-state index in [1.807, 2.05) is 56.5 Å². The van der Waals surface area contributed by atoms with Gasteiger partial charge in [0, 0.05) is 4.88 Å². The van der Waals surface area contributed by atoms with Gasteiger partial charge in [-0.1, -0.05) is 24.3 Å². The van der Waals surface area contributed by atoms with Gasteiger partial charge in [-0.2, -0.15) is 5.10 Å². The number of carbonyl (C=O) groups is 1. The van der Waals surface area contributed by atoms with Crippen molar-refractivity contribution in [2.75, 3.05) is 6.61 Å². The van der Waals surface area contributed by atoms with Gasteiger partial charge in [0.2, 0.25) is 0 Å². The molecule has 21 heavy (non-hydrogen) atoms. The molecule has 0 unspecified atom stereocenters. The zero-order valence-electron chi connectivity index (χ0n) is 12.3. The molecular weight excluding hydrogens is 284 g/mol. The van der Waals surface area contributed by atoms with Crippen LogP contribution in [-0.4, -0.2) is 18.2 Å². The van der Waals surface area contributed by atoms with Crippen LogP contribution in [-0.2, 0) is 4.79 Å². The highest BCUT2D eigenvalue weighted by atomic mass is 32.1. The van der Waals surface area contributed by atoms with Gasteiger partial charge in [0.1, 0.15) is 5.75 Å². The zero-order valence-corrected chi connectivity index (χ0v) is 13.2. The Morgan fingerprint density at radius 2 is 1.95 bits per heavy atom. The highest BCUT2D eigenvalue weighted by Crippen LogP contribution is 2.21. The largest absolute Gasteiger partial charge is 0.483 e. The molecule has 0 fully saturated rings. The maximum Gasteiger partial charge on any atom is 0.277 e. The summed E-state index contributed by atoms with van der Waals surface area (Å²) >= 11 is 1.58. The Kier molecular flexibility index (Phi) is 5.11. The van der Waals surface area contributed by atoms with Crippen molar-refractivity contribution >= 4 is 23.0 Å². The molecule has 0 radical (unpaired) electrons. The molecule has 0 saturated heterocycles. The van der Waals surface area contributed by atoms with Crippen LogP contribution in [0.3, 0.4) is 0 Å². The lowest BCUT2D eigenvalue weighted by Crippen LogP contribution is -2.25. The third-order valence-electron chi connectivity index (χ3n) is 2.98. The van der Waals surface area contributed by atoms with Crippen LogP contribution in [0, 0.1) is 13.8 Å². The number of aryl methyl sites for hydroxylation is 2. The van der Waals surface area contributed by atoms with Crippen molar-refractivity contribution in [2.45, 2.75) is 20.8 Å². The number of ether oxygens (including phenoxy) is 1. The van der Waals surface area contributed by atoms with Gasteiger partial charge < -0.3 is 4.74 Å². The highest BCUT2D eigenvalue weighted by molar-refractivity contribution is 7.12. The second kappa shape index (κ2) is 7.04. The highest BCUT2D eigenvalue weighted by Gasteiger charge is 2.07. The lowest BCUT2D eigenvalue weighted by molar-refractivity contribution is -0.123. The molecule has 0 aliphatic heterocycles. The van der Waals surface area contributed by atoms with Gasteiger partial charge in [-0.15, -0.1) is 11.3 Å². The minimum absolute atomic E-state index is 0.0487. The Morgan fingerprint density at radius 3 is 2.57 bits per heavy atom.